The molecule has 6 nitrogen and oxygen atoms in total. The van der Waals surface area contributed by atoms with Gasteiger partial charge in [0.2, 0.25) is 12.7 Å². The van der Waals surface area contributed by atoms with Crippen LogP contribution in [0.5, 0.6) is 11.5 Å². The van der Waals surface area contributed by atoms with E-state index in [-0.39, 0.29) is 18.5 Å². The van der Waals surface area contributed by atoms with Crippen molar-refractivity contribution in [3.05, 3.63) is 84.1 Å². The van der Waals surface area contributed by atoms with Crippen LogP contribution < -0.4 is 14.8 Å². The molecule has 0 unspecified atom stereocenters. The molecule has 0 aliphatic carbocycles. The molecule has 1 aliphatic heterocycles. The third kappa shape index (κ3) is 4.59. The number of imidazole rings is 1. The van der Waals surface area contributed by atoms with Crippen LogP contribution in [0.25, 0.3) is 16.9 Å². The van der Waals surface area contributed by atoms with E-state index in [4.69, 9.17) is 14.5 Å². The Kier molecular flexibility index (Phi) is 5.79. The van der Waals surface area contributed by atoms with E-state index >= 15 is 0 Å². The molecule has 0 saturated heterocycles. The number of carbonyl (C=O) groups is 1. The smallest absolute Gasteiger partial charge is 0.234 e. The van der Waals surface area contributed by atoms with Crippen LogP contribution >= 0.6 is 11.8 Å². The van der Waals surface area contributed by atoms with Gasteiger partial charge in [0, 0.05) is 23.1 Å². The molecule has 0 spiro atoms. The van der Waals surface area contributed by atoms with E-state index in [0.29, 0.717) is 5.75 Å². The lowest BCUT2D eigenvalue weighted by Gasteiger charge is -2.09. The summed E-state index contributed by atoms with van der Waals surface area (Å²) in [5.74, 6) is 1.62. The number of benzene rings is 3. The Morgan fingerprint density at radius 1 is 1.00 bits per heavy atom. The molecule has 1 amide bonds. The topological polar surface area (TPSA) is 65.4 Å². The number of aryl methyl sites for hydroxylation is 2. The highest BCUT2D eigenvalue weighted by molar-refractivity contribution is 7.99. The minimum Gasteiger partial charge on any atom is -0.454 e. The van der Waals surface area contributed by atoms with Crippen LogP contribution in [0, 0.1) is 13.8 Å². The number of fused-ring (bicyclic) bond motifs is 1. The zero-order valence-corrected chi connectivity index (χ0v) is 19.2. The number of hydrogen-bond acceptors (Lipinski definition) is 5. The van der Waals surface area contributed by atoms with Gasteiger partial charge in [-0.15, -0.1) is 0 Å². The van der Waals surface area contributed by atoms with Crippen molar-refractivity contribution in [2.75, 3.05) is 17.9 Å². The van der Waals surface area contributed by atoms with Crippen LogP contribution in [0.1, 0.15) is 11.1 Å². The number of amides is 1. The van der Waals surface area contributed by atoms with Crippen molar-refractivity contribution >= 4 is 23.4 Å². The summed E-state index contributed by atoms with van der Waals surface area (Å²) < 4.78 is 12.9. The molecule has 33 heavy (non-hydrogen) atoms. The molecular weight excluding hydrogens is 434 g/mol. The molecule has 5 rings (SSSR count). The first-order chi connectivity index (χ1) is 16.1. The number of rotatable bonds is 6. The number of hydrogen-bond donors (Lipinski definition) is 1. The standard InChI is InChI=1S/C26H23N3O3S/c1-17-8-10-20(12-18(17)2)27-25(30)15-33-26-28-22(14-29(26)21-6-4-3-5-7-21)19-9-11-23-24(13-19)32-16-31-23/h3-14H,15-16H2,1-2H3,(H,27,30). The number of para-hydroxylation sites is 1. The highest BCUT2D eigenvalue weighted by Crippen LogP contribution is 2.36. The predicted octanol–water partition coefficient (Wildman–Crippen LogP) is 5.62. The number of anilines is 1. The van der Waals surface area contributed by atoms with Gasteiger partial charge in [-0.2, -0.15) is 0 Å². The average Bonchev–Trinajstić information content (AvgIpc) is 3.47. The van der Waals surface area contributed by atoms with E-state index in [1.807, 2.05) is 84.4 Å². The van der Waals surface area contributed by atoms with Crippen molar-refractivity contribution in [1.29, 1.82) is 0 Å². The van der Waals surface area contributed by atoms with Crippen LogP contribution in [0.4, 0.5) is 5.69 Å². The van der Waals surface area contributed by atoms with Crippen molar-refractivity contribution < 1.29 is 14.3 Å². The number of thioether (sulfide) groups is 1. The first kappa shape index (κ1) is 21.2. The van der Waals surface area contributed by atoms with Crippen LogP contribution in [0.15, 0.2) is 78.1 Å². The Morgan fingerprint density at radius 2 is 1.82 bits per heavy atom. The number of carbonyl (C=O) groups excluding carboxylic acids is 1. The Balaban J connectivity index is 1.38. The predicted molar refractivity (Wildman–Crippen MR) is 130 cm³/mol. The van der Waals surface area contributed by atoms with Gasteiger partial charge in [-0.25, -0.2) is 4.98 Å². The summed E-state index contributed by atoms with van der Waals surface area (Å²) in [5, 5.41) is 3.72. The fourth-order valence-corrected chi connectivity index (χ4v) is 4.37. The van der Waals surface area contributed by atoms with Gasteiger partial charge in [0.25, 0.3) is 0 Å². The van der Waals surface area contributed by atoms with E-state index < -0.39 is 0 Å². The van der Waals surface area contributed by atoms with Gasteiger partial charge in [-0.05, 0) is 67.4 Å². The lowest BCUT2D eigenvalue weighted by Crippen LogP contribution is -2.14. The SMILES string of the molecule is Cc1ccc(NC(=O)CSc2nc(-c3ccc4c(c3)OCO4)cn2-c2ccccc2)cc1C. The number of ether oxygens (including phenoxy) is 2. The molecule has 166 valence electrons. The summed E-state index contributed by atoms with van der Waals surface area (Å²) >= 11 is 1.40. The fourth-order valence-electron chi connectivity index (χ4n) is 3.58. The Bertz CT molecular complexity index is 1320. The summed E-state index contributed by atoms with van der Waals surface area (Å²) in [6.45, 7) is 4.32. The lowest BCUT2D eigenvalue weighted by molar-refractivity contribution is -0.113. The minimum atomic E-state index is -0.0736. The molecule has 7 heteroatoms. The molecule has 0 saturated carbocycles. The Morgan fingerprint density at radius 3 is 2.64 bits per heavy atom. The number of nitrogens with zero attached hydrogens (tertiary/aromatic N) is 2. The van der Waals surface area contributed by atoms with Gasteiger partial charge < -0.3 is 14.8 Å². The van der Waals surface area contributed by atoms with Crippen molar-refractivity contribution in [1.82, 2.24) is 9.55 Å². The van der Waals surface area contributed by atoms with Crippen molar-refractivity contribution in [2.24, 2.45) is 0 Å². The van der Waals surface area contributed by atoms with E-state index in [0.717, 1.165) is 39.1 Å². The first-order valence-corrected chi connectivity index (χ1v) is 11.6. The summed E-state index contributed by atoms with van der Waals surface area (Å²) in [4.78, 5) is 17.5. The van der Waals surface area contributed by atoms with Crippen molar-refractivity contribution in [2.45, 2.75) is 19.0 Å². The molecule has 3 aromatic carbocycles. The van der Waals surface area contributed by atoms with Gasteiger partial charge in [-0.1, -0.05) is 36.0 Å². The van der Waals surface area contributed by atoms with Gasteiger partial charge >= 0.3 is 0 Å². The quantitative estimate of drug-likeness (QED) is 0.381. The molecular formula is C26H23N3O3S. The maximum absolute atomic E-state index is 12.6. The fraction of sp³-hybridized carbons (Fsp3) is 0.154. The first-order valence-electron chi connectivity index (χ1n) is 10.6. The zero-order chi connectivity index (χ0) is 22.8. The molecule has 0 fully saturated rings. The Labute approximate surface area is 196 Å². The maximum atomic E-state index is 12.6. The van der Waals surface area contributed by atoms with E-state index in [2.05, 4.69) is 12.2 Å². The highest BCUT2D eigenvalue weighted by atomic mass is 32.2. The second-order valence-electron chi connectivity index (χ2n) is 7.82. The van der Waals surface area contributed by atoms with E-state index in [9.17, 15) is 4.79 Å². The molecule has 0 atom stereocenters. The van der Waals surface area contributed by atoms with Crippen LogP contribution in [-0.2, 0) is 4.79 Å². The molecule has 1 aliphatic rings. The van der Waals surface area contributed by atoms with E-state index in [1.54, 1.807) is 0 Å². The van der Waals surface area contributed by atoms with Crippen LogP contribution in [0.2, 0.25) is 0 Å². The third-order valence-corrected chi connectivity index (χ3v) is 6.45. The number of nitrogens with one attached hydrogen (secondary N) is 1. The molecule has 4 aromatic rings. The van der Waals surface area contributed by atoms with Crippen molar-refractivity contribution in [3.8, 4) is 28.4 Å². The summed E-state index contributed by atoms with van der Waals surface area (Å²) in [5.41, 5.74) is 5.85. The zero-order valence-electron chi connectivity index (χ0n) is 18.4. The highest BCUT2D eigenvalue weighted by Gasteiger charge is 2.18. The molecule has 0 bridgehead atoms. The van der Waals surface area contributed by atoms with Gasteiger partial charge in [-0.3, -0.25) is 9.36 Å². The second-order valence-corrected chi connectivity index (χ2v) is 8.76. The van der Waals surface area contributed by atoms with Gasteiger partial charge in [0.05, 0.1) is 11.4 Å². The average molecular weight is 458 g/mol. The summed E-state index contributed by atoms with van der Waals surface area (Å²) in [6, 6.07) is 21.7. The maximum Gasteiger partial charge on any atom is 0.234 e. The van der Waals surface area contributed by atoms with Gasteiger partial charge in [0.1, 0.15) is 0 Å². The van der Waals surface area contributed by atoms with E-state index in [1.165, 1.54) is 17.3 Å². The molecule has 2 heterocycles. The van der Waals surface area contributed by atoms with Crippen molar-refractivity contribution in [3.63, 3.8) is 0 Å². The normalized spacial score (nSPS) is 12.1. The second kappa shape index (κ2) is 9.03. The molecule has 0 radical (unpaired) electrons. The van der Waals surface area contributed by atoms with Gasteiger partial charge in [0.15, 0.2) is 16.7 Å². The third-order valence-electron chi connectivity index (χ3n) is 5.50. The number of aromatic nitrogens is 2. The van der Waals surface area contributed by atoms with Crippen LogP contribution in [-0.4, -0.2) is 28.0 Å². The monoisotopic (exact) mass is 457 g/mol. The Hall–Kier alpha value is -3.71. The summed E-state index contributed by atoms with van der Waals surface area (Å²) in [6.07, 6.45) is 1.98. The van der Waals surface area contributed by atoms with Crippen LogP contribution in [0.3, 0.4) is 0 Å². The molecule has 1 aromatic heterocycles. The minimum absolute atomic E-state index is 0.0736. The largest absolute Gasteiger partial charge is 0.454 e. The lowest BCUT2D eigenvalue weighted by atomic mass is 10.1. The molecule has 1 N–H and O–H groups in total. The summed E-state index contributed by atoms with van der Waals surface area (Å²) in [7, 11) is 0.